The second-order valence-electron chi connectivity index (χ2n) is 0.218. The van der Waals surface area contributed by atoms with E-state index in [4.69, 9.17) is 11.6 Å². The summed E-state index contributed by atoms with van der Waals surface area (Å²) in [7, 11) is 0. The predicted molar refractivity (Wildman–Crippen MR) is 19.4 cm³/mol. The average Bonchev–Trinajstić information content (AvgIpc) is 1.37. The number of rotatable bonds is 1. The highest BCUT2D eigenvalue weighted by atomic mass is 35.5. The molecule has 0 aromatic heterocycles. The maximum Gasteiger partial charge on any atom is 0.0995 e. The molecule has 4 heavy (non-hydrogen) atoms. The second-order valence-corrected chi connectivity index (χ2v) is 1.31. The van der Waals surface area contributed by atoms with E-state index in [2.05, 4.69) is 0 Å². The molecule has 0 aromatic rings. The third-order valence-corrected chi connectivity index (χ3v) is 0.371. The molecule has 0 atom stereocenters. The maximum atomic E-state index is 10.5. The van der Waals surface area contributed by atoms with Crippen LogP contribution in [0, 0.1) is 0 Å². The topological polar surface area (TPSA) is 0 Å². The summed E-state index contributed by atoms with van der Waals surface area (Å²) in [5.41, 5.74) is 0. The molecule has 0 heterocycles. The molecule has 0 spiro atoms. The molecule has 0 radical (unpaired) electrons. The number of hydrogen-bond donors (Lipinski definition) is 0. The Bertz CT molecular complexity index is 10.0. The normalized spacial score (nSPS) is 7.50. The van der Waals surface area contributed by atoms with E-state index in [0.717, 1.165) is 0 Å². The Balaban J connectivity index is 1.97. The van der Waals surface area contributed by atoms with Crippen molar-refractivity contribution in [1.82, 2.24) is 0 Å². The summed E-state index contributed by atoms with van der Waals surface area (Å²) < 4.78 is 10.5. The molecule has 0 aliphatic heterocycles. The van der Waals surface area contributed by atoms with Crippen molar-refractivity contribution in [3.05, 3.63) is 0 Å². The Morgan fingerprint density at radius 3 is 2.25 bits per heavy atom. The molecule has 0 nitrogen and oxygen atoms in total. The molecule has 0 amide bonds. The molecule has 0 N–H and O–H groups in total. The molecule has 26 valence electrons. The van der Waals surface area contributed by atoms with Crippen molar-refractivity contribution in [2.75, 3.05) is 5.21 Å². The van der Waals surface area contributed by atoms with Gasteiger partial charge in [-0.05, 0) is 0 Å². The summed E-state index contributed by atoms with van der Waals surface area (Å²) in [6.45, 7) is 0. The van der Waals surface area contributed by atoms with Crippen LogP contribution in [-0.4, -0.2) is 5.21 Å². The molecule has 0 rings (SSSR count). The minimum absolute atomic E-state index is 0.0417. The van der Waals surface area contributed by atoms with Crippen LogP contribution in [0.15, 0.2) is 0 Å². The Kier molecular flexibility index (Phi) is 4.08. The molecule has 3 heteroatoms. The summed E-state index contributed by atoms with van der Waals surface area (Å²) in [5.74, 6) is 0. The van der Waals surface area contributed by atoms with E-state index in [-0.39, 0.29) is 17.4 Å². The highest BCUT2D eigenvalue weighted by Crippen LogP contribution is 1.99. The van der Waals surface area contributed by atoms with Gasteiger partial charge in [0.25, 0.3) is 0 Å². The van der Waals surface area contributed by atoms with E-state index in [1.165, 1.54) is 0 Å². The van der Waals surface area contributed by atoms with Crippen molar-refractivity contribution >= 4 is 23.7 Å². The number of alkyl halides is 1. The Morgan fingerprint density at radius 2 is 2.25 bits per heavy atom. The second kappa shape index (κ2) is 3.57. The van der Waals surface area contributed by atoms with Crippen LogP contribution in [-0.2, 0) is 0 Å². The molecule has 0 saturated carbocycles. The lowest BCUT2D eigenvalue weighted by atomic mass is 11.9. The van der Waals surface area contributed by atoms with E-state index in [0.29, 0.717) is 0 Å². The smallest absolute Gasteiger partial charge is 0.0995 e. The first kappa shape index (κ1) is 4.57. The standard InChI is InChI=1S/CH2ClFS/c2-1-4-3/h1H2. The molecule has 0 saturated heterocycles. The van der Waals surface area contributed by atoms with Crippen LogP contribution >= 0.6 is 23.7 Å². The first-order chi connectivity index (χ1) is 1.91. The van der Waals surface area contributed by atoms with Crippen molar-refractivity contribution in [2.45, 2.75) is 0 Å². The first-order valence-electron chi connectivity index (χ1n) is 0.710. The largest absolute Gasteiger partial charge is 0.164 e. The van der Waals surface area contributed by atoms with Crippen LogP contribution in [0.3, 0.4) is 0 Å². The van der Waals surface area contributed by atoms with Crippen molar-refractivity contribution in [1.29, 1.82) is 0 Å². The number of halogens is 2. The third kappa shape index (κ3) is 2.57. The van der Waals surface area contributed by atoms with Gasteiger partial charge in [-0.15, -0.1) is 11.6 Å². The zero-order valence-corrected chi connectivity index (χ0v) is 3.44. The van der Waals surface area contributed by atoms with E-state index >= 15 is 0 Å². The molecular formula is CH2ClFS. The molecule has 0 fully saturated rings. The monoisotopic (exact) mass is 100.0 g/mol. The van der Waals surface area contributed by atoms with Crippen molar-refractivity contribution in [3.63, 3.8) is 0 Å². The van der Waals surface area contributed by atoms with E-state index < -0.39 is 0 Å². The van der Waals surface area contributed by atoms with Gasteiger partial charge in [0, 0.05) is 0 Å². The number of hydrogen-bond acceptors (Lipinski definition) is 1. The molecule has 0 bridgehead atoms. The molecule has 0 aromatic carbocycles. The summed E-state index contributed by atoms with van der Waals surface area (Å²) >= 11 is 4.90. The van der Waals surface area contributed by atoms with Crippen LogP contribution in [0.25, 0.3) is 0 Å². The van der Waals surface area contributed by atoms with Gasteiger partial charge >= 0.3 is 0 Å². The maximum absolute atomic E-state index is 10.5. The zero-order valence-electron chi connectivity index (χ0n) is 1.87. The predicted octanol–water partition coefficient (Wildman–Crippen LogP) is 1.80. The van der Waals surface area contributed by atoms with Crippen LogP contribution in [0.5, 0.6) is 0 Å². The van der Waals surface area contributed by atoms with Gasteiger partial charge in [-0.3, -0.25) is 0 Å². The minimum Gasteiger partial charge on any atom is -0.164 e. The highest BCUT2D eigenvalue weighted by Gasteiger charge is 1.64. The average molecular weight is 101 g/mol. The zero-order chi connectivity index (χ0) is 3.41. The van der Waals surface area contributed by atoms with Gasteiger partial charge in [0.05, 0.1) is 17.4 Å². The van der Waals surface area contributed by atoms with Gasteiger partial charge in [0.15, 0.2) is 0 Å². The Morgan fingerprint density at radius 1 is 2.00 bits per heavy atom. The fraction of sp³-hybridized carbons (Fsp3) is 1.00. The third-order valence-electron chi connectivity index (χ3n) is 0.0412. The quantitative estimate of drug-likeness (QED) is 0.453. The van der Waals surface area contributed by atoms with Crippen LogP contribution in [0.2, 0.25) is 0 Å². The van der Waals surface area contributed by atoms with Gasteiger partial charge in [0.2, 0.25) is 0 Å². The van der Waals surface area contributed by atoms with Crippen LogP contribution in [0.4, 0.5) is 3.89 Å². The van der Waals surface area contributed by atoms with Gasteiger partial charge in [-0.25, -0.2) is 0 Å². The van der Waals surface area contributed by atoms with Crippen molar-refractivity contribution < 1.29 is 3.89 Å². The van der Waals surface area contributed by atoms with Crippen LogP contribution in [0.1, 0.15) is 0 Å². The Labute approximate surface area is 33.6 Å². The summed E-state index contributed by atoms with van der Waals surface area (Å²) in [6.07, 6.45) is 0. The molecule has 0 unspecified atom stereocenters. The van der Waals surface area contributed by atoms with E-state index in [1.807, 2.05) is 0 Å². The minimum atomic E-state index is 0.0417. The van der Waals surface area contributed by atoms with Crippen LogP contribution < -0.4 is 0 Å². The van der Waals surface area contributed by atoms with Crippen molar-refractivity contribution in [3.8, 4) is 0 Å². The summed E-state index contributed by atoms with van der Waals surface area (Å²) in [6, 6.07) is 0. The Hall–Kier alpha value is 0.570. The SMILES string of the molecule is FSCCl. The highest BCUT2D eigenvalue weighted by molar-refractivity contribution is 7.95. The lowest BCUT2D eigenvalue weighted by Crippen LogP contribution is -1.37. The summed E-state index contributed by atoms with van der Waals surface area (Å²) in [5, 5.41) is 0.0417. The molecular weight excluding hydrogens is 98.5 g/mol. The van der Waals surface area contributed by atoms with E-state index in [1.54, 1.807) is 0 Å². The lowest BCUT2D eigenvalue weighted by molar-refractivity contribution is 0.942. The molecule has 0 aliphatic carbocycles. The lowest BCUT2D eigenvalue weighted by Gasteiger charge is -1.60. The van der Waals surface area contributed by atoms with Crippen molar-refractivity contribution in [2.24, 2.45) is 0 Å². The fourth-order valence-corrected chi connectivity index (χ4v) is 0. The van der Waals surface area contributed by atoms with Gasteiger partial charge in [-0.1, -0.05) is 0 Å². The van der Waals surface area contributed by atoms with Gasteiger partial charge in [-0.2, -0.15) is 3.89 Å². The van der Waals surface area contributed by atoms with Gasteiger partial charge in [0.1, 0.15) is 0 Å². The fourth-order valence-electron chi connectivity index (χ4n) is 0. The summed E-state index contributed by atoms with van der Waals surface area (Å²) in [4.78, 5) is 0. The van der Waals surface area contributed by atoms with Gasteiger partial charge < -0.3 is 0 Å². The molecule has 0 aliphatic rings. The van der Waals surface area contributed by atoms with E-state index in [9.17, 15) is 3.89 Å². The first-order valence-corrected chi connectivity index (χ1v) is 2.13.